The van der Waals surface area contributed by atoms with Crippen LogP contribution in [0.3, 0.4) is 0 Å². The highest BCUT2D eigenvalue weighted by atomic mass is 32.2. The summed E-state index contributed by atoms with van der Waals surface area (Å²) in [6.45, 7) is 2.21. The molecule has 0 aromatic carbocycles. The number of thioether (sulfide) groups is 1. The van der Waals surface area contributed by atoms with Crippen LogP contribution in [0, 0.1) is 0 Å². The maximum Gasteiger partial charge on any atom is 0.0726 e. The smallest absolute Gasteiger partial charge is 0.0726 e. The summed E-state index contributed by atoms with van der Waals surface area (Å²) in [6.07, 6.45) is 6.09. The Hall–Kier alpha value is -0.960. The molecular weight excluding hydrogens is 192 g/mol. The topological polar surface area (TPSA) is 16.1 Å². The largest absolute Gasteiger partial charge is 0.333 e. The lowest BCUT2D eigenvalue weighted by atomic mass is 10.2. The molecule has 1 aliphatic heterocycles. The van der Waals surface area contributed by atoms with E-state index in [1.54, 1.807) is 0 Å². The summed E-state index contributed by atoms with van der Waals surface area (Å²) in [5.41, 5.74) is 2.63. The van der Waals surface area contributed by atoms with Gasteiger partial charge in [-0.05, 0) is 24.0 Å². The summed E-state index contributed by atoms with van der Waals surface area (Å²) in [4.78, 5) is 6.48. The van der Waals surface area contributed by atoms with E-state index in [-0.39, 0.29) is 0 Å². The molecule has 2 nitrogen and oxygen atoms in total. The zero-order valence-electron chi connectivity index (χ0n) is 8.31. The Kier molecular flexibility index (Phi) is 3.09. The molecule has 0 bridgehead atoms. The minimum atomic E-state index is 1.03. The Balaban J connectivity index is 2.16. The van der Waals surface area contributed by atoms with Crippen molar-refractivity contribution in [3.8, 4) is 0 Å². The van der Waals surface area contributed by atoms with Crippen molar-refractivity contribution in [1.82, 2.24) is 4.98 Å². The van der Waals surface area contributed by atoms with Crippen LogP contribution in [-0.2, 0) is 0 Å². The Labute approximate surface area is 89.0 Å². The zero-order chi connectivity index (χ0) is 9.80. The molecule has 1 aliphatic rings. The third-order valence-corrected chi connectivity index (χ3v) is 3.08. The Morgan fingerprint density at radius 1 is 1.57 bits per heavy atom. The first kappa shape index (κ1) is 9.59. The van der Waals surface area contributed by atoms with Gasteiger partial charge in [-0.3, -0.25) is 4.98 Å². The quantitative estimate of drug-likeness (QED) is 0.755. The van der Waals surface area contributed by atoms with E-state index in [0.29, 0.717) is 0 Å². The van der Waals surface area contributed by atoms with Gasteiger partial charge in [-0.15, -0.1) is 11.8 Å². The Morgan fingerprint density at radius 2 is 2.50 bits per heavy atom. The first-order valence-corrected chi connectivity index (χ1v) is 5.95. The van der Waals surface area contributed by atoms with Crippen molar-refractivity contribution in [2.75, 3.05) is 10.8 Å². The molecule has 2 rings (SSSR count). The highest BCUT2D eigenvalue weighted by Crippen LogP contribution is 2.30. The van der Waals surface area contributed by atoms with Crippen molar-refractivity contribution in [3.63, 3.8) is 0 Å². The fourth-order valence-corrected chi connectivity index (χ4v) is 2.53. The van der Waals surface area contributed by atoms with Crippen molar-refractivity contribution in [2.45, 2.75) is 19.8 Å². The highest BCUT2D eigenvalue weighted by Gasteiger charge is 2.15. The standard InChI is InChI=1S/C11H14N2S/c1-2-4-11-8-14-9-13(11)10-5-3-6-12-7-10/h3,5-8H,2,4,9H2,1H3. The van der Waals surface area contributed by atoms with Crippen LogP contribution in [0.5, 0.6) is 0 Å². The average Bonchev–Trinajstić information content (AvgIpc) is 2.68. The number of allylic oxidation sites excluding steroid dienone is 1. The lowest BCUT2D eigenvalue weighted by Gasteiger charge is -2.20. The molecule has 0 spiro atoms. The van der Waals surface area contributed by atoms with E-state index in [4.69, 9.17) is 0 Å². The molecule has 0 radical (unpaired) electrons. The predicted molar refractivity (Wildman–Crippen MR) is 62.2 cm³/mol. The summed E-state index contributed by atoms with van der Waals surface area (Å²) in [5, 5.41) is 2.26. The van der Waals surface area contributed by atoms with E-state index in [2.05, 4.69) is 28.3 Å². The monoisotopic (exact) mass is 206 g/mol. The second kappa shape index (κ2) is 4.51. The third-order valence-electron chi connectivity index (χ3n) is 2.23. The molecule has 0 fully saturated rings. The number of pyridine rings is 1. The molecule has 3 heteroatoms. The number of anilines is 1. The molecule has 0 aliphatic carbocycles. The summed E-state index contributed by atoms with van der Waals surface area (Å²) in [7, 11) is 0. The number of hydrogen-bond donors (Lipinski definition) is 0. The lowest BCUT2D eigenvalue weighted by molar-refractivity contribution is 0.862. The van der Waals surface area contributed by atoms with Crippen LogP contribution in [-0.4, -0.2) is 10.9 Å². The molecule has 0 unspecified atom stereocenters. The molecule has 0 N–H and O–H groups in total. The maximum atomic E-state index is 4.15. The second-order valence-corrected chi connectivity index (χ2v) is 4.12. The van der Waals surface area contributed by atoms with E-state index in [1.165, 1.54) is 17.8 Å². The molecule has 0 saturated carbocycles. The molecule has 1 aromatic rings. The van der Waals surface area contributed by atoms with Gasteiger partial charge in [0.1, 0.15) is 0 Å². The average molecular weight is 206 g/mol. The van der Waals surface area contributed by atoms with Crippen molar-refractivity contribution in [3.05, 3.63) is 35.6 Å². The molecule has 1 aromatic heterocycles. The van der Waals surface area contributed by atoms with Gasteiger partial charge in [-0.2, -0.15) is 0 Å². The normalized spacial score (nSPS) is 15.8. The van der Waals surface area contributed by atoms with Crippen molar-refractivity contribution in [2.24, 2.45) is 0 Å². The SMILES string of the molecule is CCCC1=CSCN1c1cccnc1. The molecule has 0 saturated heterocycles. The summed E-state index contributed by atoms with van der Waals surface area (Å²) < 4.78 is 0. The molecule has 2 heterocycles. The zero-order valence-corrected chi connectivity index (χ0v) is 9.13. The van der Waals surface area contributed by atoms with E-state index in [0.717, 1.165) is 12.3 Å². The van der Waals surface area contributed by atoms with Crippen LogP contribution >= 0.6 is 11.8 Å². The molecule has 74 valence electrons. The van der Waals surface area contributed by atoms with Gasteiger partial charge < -0.3 is 4.90 Å². The molecule has 0 atom stereocenters. The third kappa shape index (κ3) is 1.93. The van der Waals surface area contributed by atoms with E-state index in [1.807, 2.05) is 30.2 Å². The van der Waals surface area contributed by atoms with Gasteiger partial charge in [0.2, 0.25) is 0 Å². The molecule has 0 amide bonds. The minimum absolute atomic E-state index is 1.03. The first-order chi connectivity index (χ1) is 6.92. The van der Waals surface area contributed by atoms with Gasteiger partial charge in [0, 0.05) is 11.9 Å². The predicted octanol–water partition coefficient (Wildman–Crippen LogP) is 3.23. The summed E-state index contributed by atoms with van der Waals surface area (Å²) >= 11 is 1.86. The van der Waals surface area contributed by atoms with Crippen LogP contribution in [0.25, 0.3) is 0 Å². The Morgan fingerprint density at radius 3 is 3.21 bits per heavy atom. The van der Waals surface area contributed by atoms with Crippen LogP contribution < -0.4 is 4.90 Å². The van der Waals surface area contributed by atoms with Crippen LogP contribution in [0.2, 0.25) is 0 Å². The number of rotatable bonds is 3. The van der Waals surface area contributed by atoms with Crippen molar-refractivity contribution >= 4 is 17.4 Å². The van der Waals surface area contributed by atoms with Gasteiger partial charge >= 0.3 is 0 Å². The van der Waals surface area contributed by atoms with Gasteiger partial charge in [-0.25, -0.2) is 0 Å². The lowest BCUT2D eigenvalue weighted by Crippen LogP contribution is -2.17. The maximum absolute atomic E-state index is 4.15. The van der Waals surface area contributed by atoms with Gasteiger partial charge in [0.15, 0.2) is 0 Å². The van der Waals surface area contributed by atoms with Crippen LogP contribution in [0.4, 0.5) is 5.69 Å². The summed E-state index contributed by atoms with van der Waals surface area (Å²) in [5.74, 6) is 1.03. The molecule has 14 heavy (non-hydrogen) atoms. The summed E-state index contributed by atoms with van der Waals surface area (Å²) in [6, 6.07) is 4.10. The fraction of sp³-hybridized carbons (Fsp3) is 0.364. The number of aromatic nitrogens is 1. The Bertz CT molecular complexity index is 321. The van der Waals surface area contributed by atoms with E-state index in [9.17, 15) is 0 Å². The van der Waals surface area contributed by atoms with Gasteiger partial charge in [-0.1, -0.05) is 13.3 Å². The van der Waals surface area contributed by atoms with Crippen molar-refractivity contribution < 1.29 is 0 Å². The first-order valence-electron chi connectivity index (χ1n) is 4.90. The van der Waals surface area contributed by atoms with Crippen LogP contribution in [0.1, 0.15) is 19.8 Å². The molecular formula is C11H14N2S. The van der Waals surface area contributed by atoms with Crippen LogP contribution in [0.15, 0.2) is 35.6 Å². The van der Waals surface area contributed by atoms with E-state index >= 15 is 0 Å². The minimum Gasteiger partial charge on any atom is -0.333 e. The van der Waals surface area contributed by atoms with E-state index < -0.39 is 0 Å². The van der Waals surface area contributed by atoms with Gasteiger partial charge in [0.05, 0.1) is 17.8 Å². The highest BCUT2D eigenvalue weighted by molar-refractivity contribution is 8.02. The van der Waals surface area contributed by atoms with Crippen molar-refractivity contribution in [1.29, 1.82) is 0 Å². The van der Waals surface area contributed by atoms with Gasteiger partial charge in [0.25, 0.3) is 0 Å². The number of nitrogens with zero attached hydrogens (tertiary/aromatic N) is 2. The second-order valence-electron chi connectivity index (χ2n) is 3.29. The number of hydrogen-bond acceptors (Lipinski definition) is 3. The fourth-order valence-electron chi connectivity index (χ4n) is 1.56.